The summed E-state index contributed by atoms with van der Waals surface area (Å²) in [5.41, 5.74) is 2.55. The zero-order chi connectivity index (χ0) is 24.5. The Morgan fingerprint density at radius 1 is 1.03 bits per heavy atom. The molecule has 3 aromatic rings. The normalized spacial score (nSPS) is 10.9. The number of alkyl halides is 1. The van der Waals surface area contributed by atoms with E-state index >= 15 is 0 Å². The Balaban J connectivity index is 1.89. The first-order chi connectivity index (χ1) is 16.4. The molecule has 34 heavy (non-hydrogen) atoms. The lowest BCUT2D eigenvalue weighted by molar-refractivity contribution is -0.141. The molecule has 0 saturated carbocycles. The van der Waals surface area contributed by atoms with Crippen LogP contribution in [0.5, 0.6) is 0 Å². The van der Waals surface area contributed by atoms with Gasteiger partial charge in [0, 0.05) is 32.5 Å². The molecule has 8 heteroatoms. The van der Waals surface area contributed by atoms with Crippen molar-refractivity contribution in [2.24, 2.45) is 0 Å². The SMILES string of the molecule is COCCN(CC(=O)N(Cc1ccccc1)Cc1coc2ccc(C)cc2c1=O)C(=O)CCCl. The molecule has 0 bridgehead atoms. The highest BCUT2D eigenvalue weighted by molar-refractivity contribution is 6.18. The number of hydrogen-bond acceptors (Lipinski definition) is 5. The van der Waals surface area contributed by atoms with Crippen LogP contribution in [0, 0.1) is 6.92 Å². The number of hydrogen-bond donors (Lipinski definition) is 0. The molecule has 0 spiro atoms. The number of nitrogens with zero attached hydrogens (tertiary/aromatic N) is 2. The van der Waals surface area contributed by atoms with Gasteiger partial charge in [-0.1, -0.05) is 42.0 Å². The fraction of sp³-hybridized carbons (Fsp3) is 0.346. The second-order valence-electron chi connectivity index (χ2n) is 8.07. The number of amides is 2. The Hall–Kier alpha value is -3.16. The second kappa shape index (κ2) is 12.3. The van der Waals surface area contributed by atoms with Crippen molar-refractivity contribution in [3.63, 3.8) is 0 Å². The molecule has 7 nitrogen and oxygen atoms in total. The third-order valence-electron chi connectivity index (χ3n) is 5.48. The van der Waals surface area contributed by atoms with Crippen LogP contribution in [0.2, 0.25) is 0 Å². The minimum atomic E-state index is -0.286. The molecule has 2 aromatic carbocycles. The zero-order valence-electron chi connectivity index (χ0n) is 19.5. The Bertz CT molecular complexity index is 1180. The van der Waals surface area contributed by atoms with Crippen LogP contribution in [-0.2, 0) is 27.4 Å². The lowest BCUT2D eigenvalue weighted by Crippen LogP contribution is -2.44. The lowest BCUT2D eigenvalue weighted by atomic mass is 10.1. The summed E-state index contributed by atoms with van der Waals surface area (Å²) in [5, 5.41) is 0.476. The van der Waals surface area contributed by atoms with Gasteiger partial charge >= 0.3 is 0 Å². The summed E-state index contributed by atoms with van der Waals surface area (Å²) in [5.74, 6) is -0.339. The predicted octanol–water partition coefficient (Wildman–Crippen LogP) is 3.73. The van der Waals surface area contributed by atoms with E-state index in [9.17, 15) is 14.4 Å². The third kappa shape index (κ3) is 6.68. The third-order valence-corrected chi connectivity index (χ3v) is 5.67. The fourth-order valence-corrected chi connectivity index (χ4v) is 3.79. The first-order valence-corrected chi connectivity index (χ1v) is 11.6. The molecule has 0 unspecified atom stereocenters. The summed E-state index contributed by atoms with van der Waals surface area (Å²) in [4.78, 5) is 42.1. The first kappa shape index (κ1) is 25.5. The van der Waals surface area contributed by atoms with Gasteiger partial charge in [-0.2, -0.15) is 0 Å². The van der Waals surface area contributed by atoms with Gasteiger partial charge in [0.25, 0.3) is 0 Å². The molecule has 0 radical (unpaired) electrons. The maximum absolute atomic E-state index is 13.4. The predicted molar refractivity (Wildman–Crippen MR) is 132 cm³/mol. The van der Waals surface area contributed by atoms with E-state index in [2.05, 4.69) is 0 Å². The van der Waals surface area contributed by atoms with Crippen LogP contribution in [0.4, 0.5) is 0 Å². The van der Waals surface area contributed by atoms with E-state index in [0.717, 1.165) is 11.1 Å². The van der Waals surface area contributed by atoms with Crippen molar-refractivity contribution in [3.05, 3.63) is 81.7 Å². The molecule has 0 atom stereocenters. The van der Waals surface area contributed by atoms with Crippen molar-refractivity contribution < 1.29 is 18.7 Å². The highest BCUT2D eigenvalue weighted by Crippen LogP contribution is 2.16. The molecule has 0 aliphatic rings. The quantitative estimate of drug-likeness (QED) is 0.387. The highest BCUT2D eigenvalue weighted by atomic mass is 35.5. The smallest absolute Gasteiger partial charge is 0.242 e. The van der Waals surface area contributed by atoms with E-state index in [-0.39, 0.29) is 55.7 Å². The van der Waals surface area contributed by atoms with Crippen LogP contribution in [0.3, 0.4) is 0 Å². The van der Waals surface area contributed by atoms with Crippen molar-refractivity contribution in [1.82, 2.24) is 9.80 Å². The van der Waals surface area contributed by atoms with E-state index < -0.39 is 0 Å². The summed E-state index contributed by atoms with van der Waals surface area (Å²) >= 11 is 5.75. The fourth-order valence-electron chi connectivity index (χ4n) is 3.63. The first-order valence-electron chi connectivity index (χ1n) is 11.1. The summed E-state index contributed by atoms with van der Waals surface area (Å²) in [7, 11) is 1.54. The van der Waals surface area contributed by atoms with Gasteiger partial charge in [0.1, 0.15) is 5.58 Å². The number of ether oxygens (including phenoxy) is 1. The van der Waals surface area contributed by atoms with E-state index in [1.165, 1.54) is 18.3 Å². The number of aryl methyl sites for hydroxylation is 1. The molecule has 1 heterocycles. The van der Waals surface area contributed by atoms with E-state index in [4.69, 9.17) is 20.8 Å². The summed E-state index contributed by atoms with van der Waals surface area (Å²) < 4.78 is 10.8. The van der Waals surface area contributed by atoms with Crippen molar-refractivity contribution >= 4 is 34.4 Å². The molecule has 0 aliphatic carbocycles. The molecule has 0 N–H and O–H groups in total. The Morgan fingerprint density at radius 2 is 1.79 bits per heavy atom. The summed E-state index contributed by atoms with van der Waals surface area (Å²) in [6, 6.07) is 14.9. The maximum Gasteiger partial charge on any atom is 0.242 e. The number of rotatable bonds is 11. The number of benzene rings is 2. The summed E-state index contributed by atoms with van der Waals surface area (Å²) in [6.45, 7) is 2.68. The van der Waals surface area contributed by atoms with Gasteiger partial charge in [-0.15, -0.1) is 11.6 Å². The molecule has 180 valence electrons. The van der Waals surface area contributed by atoms with Crippen LogP contribution in [-0.4, -0.2) is 54.3 Å². The van der Waals surface area contributed by atoms with Gasteiger partial charge in [-0.05, 0) is 24.6 Å². The van der Waals surface area contributed by atoms with Crippen molar-refractivity contribution in [2.75, 3.05) is 32.7 Å². The van der Waals surface area contributed by atoms with Gasteiger partial charge in [0.2, 0.25) is 11.8 Å². The number of methoxy groups -OCH3 is 1. The standard InChI is InChI=1S/C26H29ClN2O5/c1-19-8-9-23-22(14-19)26(32)21(18-34-23)16-29(15-20-6-4-3-5-7-20)25(31)17-28(12-13-33-2)24(30)10-11-27/h3-9,14,18H,10-13,15-17H2,1-2H3. The van der Waals surface area contributed by atoms with Gasteiger partial charge < -0.3 is 19.0 Å². The molecular weight excluding hydrogens is 456 g/mol. The maximum atomic E-state index is 13.4. The minimum absolute atomic E-state index is 0.0573. The zero-order valence-corrected chi connectivity index (χ0v) is 20.2. The van der Waals surface area contributed by atoms with Gasteiger partial charge in [-0.25, -0.2) is 0 Å². The Labute approximate surface area is 203 Å². The van der Waals surface area contributed by atoms with E-state index in [1.807, 2.05) is 43.3 Å². The van der Waals surface area contributed by atoms with Crippen LogP contribution in [0.1, 0.15) is 23.1 Å². The second-order valence-corrected chi connectivity index (χ2v) is 8.45. The van der Waals surface area contributed by atoms with Gasteiger partial charge in [-0.3, -0.25) is 14.4 Å². The van der Waals surface area contributed by atoms with Crippen molar-refractivity contribution in [3.8, 4) is 0 Å². The van der Waals surface area contributed by atoms with E-state index in [0.29, 0.717) is 23.1 Å². The van der Waals surface area contributed by atoms with Crippen LogP contribution < -0.4 is 5.43 Å². The minimum Gasteiger partial charge on any atom is -0.464 e. The van der Waals surface area contributed by atoms with Gasteiger partial charge in [0.05, 0.1) is 36.9 Å². The average Bonchev–Trinajstić information content (AvgIpc) is 2.83. The van der Waals surface area contributed by atoms with Crippen LogP contribution in [0.25, 0.3) is 11.0 Å². The molecule has 2 amide bonds. The average molecular weight is 485 g/mol. The molecule has 0 saturated heterocycles. The molecular formula is C26H29ClN2O5. The highest BCUT2D eigenvalue weighted by Gasteiger charge is 2.23. The Morgan fingerprint density at radius 3 is 2.50 bits per heavy atom. The molecule has 3 rings (SSSR count). The number of carbonyl (C=O) groups is 2. The number of halogens is 1. The number of carbonyl (C=O) groups excluding carboxylic acids is 2. The Kier molecular flexibility index (Phi) is 9.24. The van der Waals surface area contributed by atoms with Crippen molar-refractivity contribution in [2.45, 2.75) is 26.4 Å². The van der Waals surface area contributed by atoms with Crippen LogP contribution >= 0.6 is 11.6 Å². The van der Waals surface area contributed by atoms with E-state index in [1.54, 1.807) is 17.0 Å². The molecule has 0 fully saturated rings. The monoisotopic (exact) mass is 484 g/mol. The number of fused-ring (bicyclic) bond motifs is 1. The van der Waals surface area contributed by atoms with Gasteiger partial charge in [0.15, 0.2) is 5.43 Å². The summed E-state index contributed by atoms with van der Waals surface area (Å²) in [6.07, 6.45) is 1.54. The van der Waals surface area contributed by atoms with Crippen molar-refractivity contribution in [1.29, 1.82) is 0 Å². The molecule has 1 aromatic heterocycles. The molecule has 0 aliphatic heterocycles. The lowest BCUT2D eigenvalue weighted by Gasteiger charge is -2.27. The largest absolute Gasteiger partial charge is 0.464 e. The van der Waals surface area contributed by atoms with Crippen LogP contribution in [0.15, 0.2) is 64.0 Å². The topological polar surface area (TPSA) is 80.1 Å².